The highest BCUT2D eigenvalue weighted by atomic mass is 19.4. The number of halogens is 12. The van der Waals surface area contributed by atoms with Gasteiger partial charge in [-0.25, -0.2) is 19.8 Å². The smallest absolute Gasteiger partial charge is 0.411 e. The number of oxazole rings is 2. The van der Waals surface area contributed by atoms with Gasteiger partial charge in [-0.15, -0.1) is 0 Å². The van der Waals surface area contributed by atoms with E-state index in [-0.39, 0.29) is 46.7 Å². The van der Waals surface area contributed by atoms with E-state index in [4.69, 9.17) is 8.83 Å². The Morgan fingerprint density at radius 1 is 0.367 bits per heavy atom. The minimum absolute atomic E-state index is 0. The molecular weight excluding hydrogens is 1290 g/mol. The summed E-state index contributed by atoms with van der Waals surface area (Å²) in [5, 5.41) is 2.99. The highest BCUT2D eigenvalue weighted by Crippen LogP contribution is 2.58. The molecule has 0 fully saturated rings. The van der Waals surface area contributed by atoms with Crippen LogP contribution in [0, 0.1) is 13.8 Å². The van der Waals surface area contributed by atoms with E-state index in [1.54, 1.807) is 27.0 Å². The SMILES string of the molecule is C.CNc1cc(-c2cc(C(C)(C)C)cc(C(C)(C)C)c2)cc(N2C(=O)c3ccc(C(c4ccc5c(c4)C(=O)N(c4cccc(C(C)(c6ccccc6)C(F)(F)F)c4)C5=O)(C(F)(F)F)C(F)(F)F)cc3C2=O)c1.Cc1nc2cc(C(C)(c3ccc4oc(C)nc4c3)C(F)(F)F)ccc2o1. The number of benzene rings is 8. The molecule has 0 spiro atoms. The fraction of sp³-hybridized carbons (Fsp3) is 0.280. The summed E-state index contributed by atoms with van der Waals surface area (Å²) in [6.07, 6.45) is -21.9. The van der Waals surface area contributed by atoms with Gasteiger partial charge in [-0.3, -0.25) is 19.2 Å². The third-order valence-electron chi connectivity index (χ3n) is 18.3. The zero-order chi connectivity index (χ0) is 70.9. The third-order valence-corrected chi connectivity index (χ3v) is 18.3. The maximum Gasteiger partial charge on any atom is 0.411 e. The Labute approximate surface area is 555 Å². The van der Waals surface area contributed by atoms with Crippen LogP contribution in [0.25, 0.3) is 33.3 Å². The molecule has 12 rings (SSSR count). The summed E-state index contributed by atoms with van der Waals surface area (Å²) in [7, 11) is 1.59. The van der Waals surface area contributed by atoms with Crippen molar-refractivity contribution in [2.75, 3.05) is 22.2 Å². The van der Waals surface area contributed by atoms with Crippen LogP contribution in [0.15, 0.2) is 173 Å². The molecule has 1 atom stereocenters. The molecule has 4 amide bonds. The maximum absolute atomic E-state index is 15.7. The zero-order valence-corrected chi connectivity index (χ0v) is 53.9. The number of fused-ring (bicyclic) bond motifs is 4. The van der Waals surface area contributed by atoms with Crippen LogP contribution in [0.2, 0.25) is 0 Å². The van der Waals surface area contributed by atoms with Crippen LogP contribution in [0.3, 0.4) is 0 Å². The van der Waals surface area contributed by atoms with E-state index < -0.39 is 109 Å². The first-order valence-corrected chi connectivity index (χ1v) is 30.3. The monoisotopic (exact) mass is 1360 g/mol. The van der Waals surface area contributed by atoms with Crippen molar-refractivity contribution in [2.24, 2.45) is 0 Å². The summed E-state index contributed by atoms with van der Waals surface area (Å²) < 4.78 is 192. The number of hydrogen-bond donors (Lipinski definition) is 1. The minimum Gasteiger partial charge on any atom is -0.441 e. The molecule has 4 heterocycles. The molecule has 98 heavy (non-hydrogen) atoms. The van der Waals surface area contributed by atoms with E-state index in [0.717, 1.165) is 54.8 Å². The molecule has 1 N–H and O–H groups in total. The number of alkyl halides is 12. The Morgan fingerprint density at radius 3 is 1.19 bits per heavy atom. The normalized spacial score (nSPS) is 14.7. The zero-order valence-electron chi connectivity index (χ0n) is 53.9. The molecule has 0 aliphatic carbocycles. The summed E-state index contributed by atoms with van der Waals surface area (Å²) in [5.74, 6) is -4.01. The van der Waals surface area contributed by atoms with Crippen molar-refractivity contribution >= 4 is 62.9 Å². The van der Waals surface area contributed by atoms with Crippen molar-refractivity contribution in [3.63, 3.8) is 0 Å². The molecule has 2 aliphatic heterocycles. The second-order valence-electron chi connectivity index (χ2n) is 26.5. The van der Waals surface area contributed by atoms with Crippen molar-refractivity contribution in [1.29, 1.82) is 0 Å². The van der Waals surface area contributed by atoms with Gasteiger partial charge in [0.05, 0.1) is 33.6 Å². The third kappa shape index (κ3) is 11.7. The first-order valence-electron chi connectivity index (χ1n) is 30.3. The Morgan fingerprint density at radius 2 is 0.765 bits per heavy atom. The largest absolute Gasteiger partial charge is 0.441 e. The molecule has 2 aliphatic rings. The molecule has 0 saturated carbocycles. The van der Waals surface area contributed by atoms with Crippen molar-refractivity contribution in [3.8, 4) is 11.1 Å². The number of carbonyl (C=O) groups is 4. The van der Waals surface area contributed by atoms with Gasteiger partial charge in [-0.2, -0.15) is 52.7 Å². The molecule has 0 saturated heterocycles. The number of amides is 4. The van der Waals surface area contributed by atoms with Crippen molar-refractivity contribution in [2.45, 2.75) is 128 Å². The van der Waals surface area contributed by atoms with Crippen molar-refractivity contribution in [1.82, 2.24) is 9.97 Å². The van der Waals surface area contributed by atoms with Crippen LogP contribution in [0.4, 0.5) is 69.7 Å². The van der Waals surface area contributed by atoms with Gasteiger partial charge in [-0.05, 0) is 159 Å². The fourth-order valence-corrected chi connectivity index (χ4v) is 12.5. The highest BCUT2D eigenvalue weighted by molar-refractivity contribution is 6.35. The van der Waals surface area contributed by atoms with Gasteiger partial charge in [0.25, 0.3) is 23.6 Å². The molecule has 10 aromatic rings. The quantitative estimate of drug-likeness (QED) is 0.105. The van der Waals surface area contributed by atoms with E-state index in [1.165, 1.54) is 78.9 Å². The van der Waals surface area contributed by atoms with E-state index in [0.29, 0.717) is 85.4 Å². The number of aromatic nitrogens is 2. The predicted molar refractivity (Wildman–Crippen MR) is 349 cm³/mol. The number of rotatable bonds is 10. The van der Waals surface area contributed by atoms with Crippen LogP contribution >= 0.6 is 0 Å². The molecule has 11 nitrogen and oxygen atoms in total. The average molecular weight is 1360 g/mol. The number of nitrogens with zero attached hydrogens (tertiary/aromatic N) is 4. The minimum atomic E-state index is -6.25. The summed E-state index contributed by atoms with van der Waals surface area (Å²) in [4.78, 5) is 65.7. The van der Waals surface area contributed by atoms with Crippen LogP contribution in [0.5, 0.6) is 0 Å². The van der Waals surface area contributed by atoms with E-state index in [9.17, 15) is 45.5 Å². The number of hydrogen-bond acceptors (Lipinski definition) is 9. The fourth-order valence-electron chi connectivity index (χ4n) is 12.5. The number of aryl methyl sites for hydroxylation is 2. The number of carbonyl (C=O) groups excluding carboxylic acids is 4. The standard InChI is InChI=1S/C55H46F9N3O4.C19H15F3N2O2.CH4/c1-49(2,3)36-21-30(22-37(25-36)50(4,5)6)31-23-38(65-8)29-40(24-31)67-46(69)42-20-18-35(28-44(42)48(67)71)52(54(59,60)61,55(62,63)64)34-17-19-41-43(27-34)47(70)66(45(41)68)39-16-12-15-33(26-39)51(7,53(56,57)58)32-13-10-9-11-14-32;1-10-23-14-8-12(4-6-16(14)25-10)18(3,19(20,21)22)13-5-7-17-15(9-13)24-11(2)26-17;/h9-29,65H,1-8H3;4-9H,1-3H3;1H4. The van der Waals surface area contributed by atoms with Gasteiger partial charge in [0.2, 0.25) is 5.41 Å². The highest BCUT2D eigenvalue weighted by Gasteiger charge is 2.73. The second-order valence-corrected chi connectivity index (χ2v) is 26.5. The summed E-state index contributed by atoms with van der Waals surface area (Å²) >= 11 is 0. The summed E-state index contributed by atoms with van der Waals surface area (Å²) in [5.41, 5.74) is -11.8. The molecule has 0 radical (unpaired) electrons. The summed E-state index contributed by atoms with van der Waals surface area (Å²) in [6.45, 7) is 17.6. The van der Waals surface area contributed by atoms with E-state index in [1.807, 2.05) is 53.7 Å². The van der Waals surface area contributed by atoms with Gasteiger partial charge in [0, 0.05) is 26.6 Å². The molecule has 1 unspecified atom stereocenters. The molecule has 8 aromatic carbocycles. The molecule has 23 heteroatoms. The first-order chi connectivity index (χ1) is 45.0. The lowest BCUT2D eigenvalue weighted by Gasteiger charge is -2.38. The first kappa shape index (κ1) is 70.7. The Balaban J connectivity index is 0.000000320. The second kappa shape index (κ2) is 24.2. The van der Waals surface area contributed by atoms with E-state index >= 15 is 26.3 Å². The van der Waals surface area contributed by atoms with Crippen LogP contribution in [-0.4, -0.2) is 65.3 Å². The molecule has 2 aromatic heterocycles. The Kier molecular flexibility index (Phi) is 17.5. The van der Waals surface area contributed by atoms with E-state index in [2.05, 4.69) is 21.4 Å². The topological polar surface area (TPSA) is 139 Å². The van der Waals surface area contributed by atoms with Crippen LogP contribution in [0.1, 0.15) is 161 Å². The lowest BCUT2D eigenvalue weighted by atomic mass is 9.71. The average Bonchev–Trinajstić information content (AvgIpc) is 1.22. The molecule has 510 valence electrons. The lowest BCUT2D eigenvalue weighted by molar-refractivity contribution is -0.288. The van der Waals surface area contributed by atoms with Gasteiger partial charge in [0.1, 0.15) is 21.9 Å². The maximum atomic E-state index is 15.7. The van der Waals surface area contributed by atoms with Gasteiger partial charge in [-0.1, -0.05) is 134 Å². The van der Waals surface area contributed by atoms with Gasteiger partial charge >= 0.3 is 24.7 Å². The Bertz CT molecular complexity index is 4710. The van der Waals surface area contributed by atoms with Crippen LogP contribution in [-0.2, 0) is 27.1 Å². The molecular formula is C75H65F12N5O6. The van der Waals surface area contributed by atoms with Crippen molar-refractivity contribution in [3.05, 3.63) is 242 Å². The predicted octanol–water partition coefficient (Wildman–Crippen LogP) is 20.0. The number of anilines is 3. The van der Waals surface area contributed by atoms with Crippen molar-refractivity contribution < 1.29 is 80.7 Å². The van der Waals surface area contributed by atoms with Crippen LogP contribution < -0.4 is 15.1 Å². The number of nitrogens with one attached hydrogen (secondary N) is 1. The van der Waals surface area contributed by atoms with Gasteiger partial charge in [0.15, 0.2) is 22.9 Å². The van der Waals surface area contributed by atoms with Gasteiger partial charge < -0.3 is 14.2 Å². The summed E-state index contributed by atoms with van der Waals surface area (Å²) in [6, 6.07) is 33.3. The number of imide groups is 2. The Hall–Kier alpha value is -10.1. The lowest BCUT2D eigenvalue weighted by Crippen LogP contribution is -2.55. The molecule has 0 bridgehead atoms.